The Labute approximate surface area is 48.9 Å². The maximum atomic E-state index is 9.67. The molecule has 1 aromatic rings. The summed E-state index contributed by atoms with van der Waals surface area (Å²) in [7, 11) is 0. The average molecular weight is 139 g/mol. The van der Waals surface area contributed by atoms with Gasteiger partial charge in [-0.05, 0) is 0 Å². The largest absolute Gasteiger partial charge is 0.379 e. The Balaban J connectivity index is 0.000000148. The summed E-state index contributed by atoms with van der Waals surface area (Å²) < 4.78 is 29.0. The standard InChI is InChI=1S/C2H3N3.CHF3/c1-2-4-5-3-1;2-1(3)4/h1-2H,(H,3,4,5);1H. The molecular formula is C3H4F3N3. The van der Waals surface area contributed by atoms with Crippen LogP contribution in [0.4, 0.5) is 13.2 Å². The van der Waals surface area contributed by atoms with Gasteiger partial charge in [-0.15, -0.1) is 0 Å². The van der Waals surface area contributed by atoms with Crippen LogP contribution in [-0.2, 0) is 0 Å². The van der Waals surface area contributed by atoms with E-state index in [-0.39, 0.29) is 0 Å². The fourth-order valence-corrected chi connectivity index (χ4v) is 0.167. The van der Waals surface area contributed by atoms with Gasteiger partial charge in [0.25, 0.3) is 0 Å². The minimum atomic E-state index is -3.67. The zero-order valence-electron chi connectivity index (χ0n) is 4.26. The molecule has 9 heavy (non-hydrogen) atoms. The molecule has 6 heteroatoms. The van der Waals surface area contributed by atoms with Gasteiger partial charge in [0.2, 0.25) is 0 Å². The number of hydrogen-bond acceptors (Lipinski definition) is 2. The lowest BCUT2D eigenvalue weighted by molar-refractivity contribution is 0.00819. The molecule has 0 saturated heterocycles. The van der Waals surface area contributed by atoms with Crippen LogP contribution in [0.2, 0.25) is 0 Å². The number of alkyl halides is 3. The van der Waals surface area contributed by atoms with E-state index < -0.39 is 6.68 Å². The van der Waals surface area contributed by atoms with Gasteiger partial charge >= 0.3 is 6.68 Å². The van der Waals surface area contributed by atoms with Gasteiger partial charge in [0.05, 0.1) is 12.4 Å². The number of rotatable bonds is 0. The topological polar surface area (TPSA) is 41.6 Å². The second-order valence-electron chi connectivity index (χ2n) is 0.904. The first kappa shape index (κ1) is 7.93. The zero-order chi connectivity index (χ0) is 7.11. The number of halogens is 3. The maximum absolute atomic E-state index is 9.67. The van der Waals surface area contributed by atoms with Crippen LogP contribution < -0.4 is 0 Å². The molecule has 0 aliphatic carbocycles. The third-order valence-electron chi connectivity index (χ3n) is 0.331. The number of aromatic nitrogens is 3. The van der Waals surface area contributed by atoms with Crippen molar-refractivity contribution in [3.05, 3.63) is 12.4 Å². The summed E-state index contributed by atoms with van der Waals surface area (Å²) >= 11 is 0. The molecule has 0 atom stereocenters. The predicted molar refractivity (Wildman–Crippen MR) is 23.5 cm³/mol. The Bertz CT molecular complexity index is 97.9. The average Bonchev–Trinajstić information content (AvgIpc) is 2.11. The summed E-state index contributed by atoms with van der Waals surface area (Å²) in [4.78, 5) is 0. The van der Waals surface area contributed by atoms with E-state index in [1.165, 1.54) is 0 Å². The van der Waals surface area contributed by atoms with Crippen LogP contribution in [0, 0.1) is 0 Å². The van der Waals surface area contributed by atoms with Crippen LogP contribution in [0.25, 0.3) is 0 Å². The van der Waals surface area contributed by atoms with Crippen molar-refractivity contribution in [2.45, 2.75) is 6.68 Å². The minimum Gasteiger partial charge on any atom is -0.198 e. The monoisotopic (exact) mass is 139 g/mol. The first-order valence-corrected chi connectivity index (χ1v) is 1.95. The lowest BCUT2D eigenvalue weighted by atomic mass is 11.0. The predicted octanol–water partition coefficient (Wildman–Crippen LogP) is 0.983. The summed E-state index contributed by atoms with van der Waals surface area (Å²) in [5.41, 5.74) is 0. The molecule has 0 unspecified atom stereocenters. The lowest BCUT2D eigenvalue weighted by Crippen LogP contribution is -1.65. The normalized spacial score (nSPS) is 8.44. The fraction of sp³-hybridized carbons (Fsp3) is 0.333. The molecule has 1 N–H and O–H groups in total. The van der Waals surface area contributed by atoms with Crippen LogP contribution in [0.1, 0.15) is 0 Å². The van der Waals surface area contributed by atoms with Crippen molar-refractivity contribution in [1.82, 2.24) is 15.4 Å². The van der Waals surface area contributed by atoms with Crippen molar-refractivity contribution in [1.29, 1.82) is 0 Å². The van der Waals surface area contributed by atoms with E-state index in [9.17, 15) is 13.2 Å². The molecule has 0 amide bonds. The molecule has 0 aliphatic rings. The first-order valence-electron chi connectivity index (χ1n) is 1.95. The number of nitrogens with zero attached hydrogens (tertiary/aromatic N) is 2. The van der Waals surface area contributed by atoms with E-state index in [0.29, 0.717) is 0 Å². The molecule has 0 bridgehead atoms. The lowest BCUT2D eigenvalue weighted by Gasteiger charge is -1.65. The Kier molecular flexibility index (Phi) is 4.47. The van der Waals surface area contributed by atoms with Gasteiger partial charge in [-0.1, -0.05) is 0 Å². The van der Waals surface area contributed by atoms with E-state index in [1.807, 2.05) is 0 Å². The number of nitrogens with one attached hydrogen (secondary N) is 1. The Morgan fingerprint density at radius 3 is 1.56 bits per heavy atom. The highest BCUT2D eigenvalue weighted by Gasteiger charge is 1.86. The van der Waals surface area contributed by atoms with Gasteiger partial charge in [-0.25, -0.2) is 0 Å². The molecule has 1 rings (SSSR count). The van der Waals surface area contributed by atoms with Gasteiger partial charge in [0, 0.05) is 0 Å². The molecular weight excluding hydrogens is 135 g/mol. The van der Waals surface area contributed by atoms with Crippen LogP contribution in [-0.4, -0.2) is 22.1 Å². The number of hydrogen-bond donors (Lipinski definition) is 1. The smallest absolute Gasteiger partial charge is 0.198 e. The van der Waals surface area contributed by atoms with Crippen LogP contribution >= 0.6 is 0 Å². The van der Waals surface area contributed by atoms with E-state index >= 15 is 0 Å². The molecule has 1 aromatic heterocycles. The highest BCUT2D eigenvalue weighted by molar-refractivity contribution is 4.54. The maximum Gasteiger partial charge on any atom is 0.379 e. The van der Waals surface area contributed by atoms with E-state index in [4.69, 9.17) is 0 Å². The van der Waals surface area contributed by atoms with Crippen LogP contribution in [0.5, 0.6) is 0 Å². The summed E-state index contributed by atoms with van der Waals surface area (Å²) in [5.74, 6) is 0. The van der Waals surface area contributed by atoms with E-state index in [0.717, 1.165) is 0 Å². The van der Waals surface area contributed by atoms with E-state index in [1.54, 1.807) is 12.4 Å². The number of H-pyrrole nitrogens is 1. The fourth-order valence-electron chi connectivity index (χ4n) is 0.167. The SMILES string of the molecule is FC(F)F.c1cn[nH]n1. The molecule has 3 nitrogen and oxygen atoms in total. The molecule has 0 radical (unpaired) electrons. The van der Waals surface area contributed by atoms with Gasteiger partial charge in [-0.2, -0.15) is 28.6 Å². The Hall–Kier alpha value is -1.07. The third-order valence-corrected chi connectivity index (χ3v) is 0.331. The highest BCUT2D eigenvalue weighted by Crippen LogP contribution is 1.87. The van der Waals surface area contributed by atoms with Gasteiger partial charge in [0.15, 0.2) is 0 Å². The zero-order valence-corrected chi connectivity index (χ0v) is 4.26. The van der Waals surface area contributed by atoms with Crippen LogP contribution in [0.15, 0.2) is 12.4 Å². The van der Waals surface area contributed by atoms with Crippen molar-refractivity contribution < 1.29 is 13.2 Å². The van der Waals surface area contributed by atoms with Crippen molar-refractivity contribution in [3.63, 3.8) is 0 Å². The molecule has 0 aromatic carbocycles. The molecule has 1 heterocycles. The van der Waals surface area contributed by atoms with E-state index in [2.05, 4.69) is 15.4 Å². The van der Waals surface area contributed by atoms with Crippen molar-refractivity contribution in [2.24, 2.45) is 0 Å². The molecule has 0 aliphatic heterocycles. The third kappa shape index (κ3) is 10.9. The second-order valence-corrected chi connectivity index (χ2v) is 0.904. The summed E-state index contributed by atoms with van der Waals surface area (Å²) in [6, 6.07) is 0. The molecule has 0 fully saturated rings. The van der Waals surface area contributed by atoms with Crippen molar-refractivity contribution in [3.8, 4) is 0 Å². The molecule has 0 saturated carbocycles. The van der Waals surface area contributed by atoms with Crippen LogP contribution in [0.3, 0.4) is 0 Å². The Morgan fingerprint density at radius 2 is 1.44 bits per heavy atom. The molecule has 0 spiro atoms. The van der Waals surface area contributed by atoms with Crippen molar-refractivity contribution in [2.75, 3.05) is 0 Å². The summed E-state index contributed by atoms with van der Waals surface area (Å²) in [5, 5.41) is 9.33. The second kappa shape index (κ2) is 5.07. The minimum absolute atomic E-state index is 1.58. The van der Waals surface area contributed by atoms with Gasteiger partial charge in [-0.3, -0.25) is 0 Å². The quantitative estimate of drug-likeness (QED) is 0.582. The number of aromatic amines is 1. The van der Waals surface area contributed by atoms with Gasteiger partial charge < -0.3 is 0 Å². The summed E-state index contributed by atoms with van der Waals surface area (Å²) in [6.45, 7) is -3.67. The van der Waals surface area contributed by atoms with Gasteiger partial charge in [0.1, 0.15) is 0 Å². The first-order chi connectivity index (χ1) is 4.23. The Morgan fingerprint density at radius 1 is 1.11 bits per heavy atom. The highest BCUT2D eigenvalue weighted by atomic mass is 19.4. The van der Waals surface area contributed by atoms with Crippen molar-refractivity contribution >= 4 is 0 Å². The molecule has 52 valence electrons. The summed E-state index contributed by atoms with van der Waals surface area (Å²) in [6.07, 6.45) is 3.17.